The molecule has 1 aliphatic rings. The Bertz CT molecular complexity index is 1470. The third kappa shape index (κ3) is 10.0. The van der Waals surface area contributed by atoms with Gasteiger partial charge in [0, 0.05) is 32.0 Å². The van der Waals surface area contributed by atoms with Crippen molar-refractivity contribution < 1.29 is 70.5 Å². The van der Waals surface area contributed by atoms with Crippen LogP contribution in [0.3, 0.4) is 0 Å². The maximum Gasteiger partial charge on any atom is 0.485 e. The molecule has 1 amide bonds. The molecular weight excluding hydrogens is 671 g/mol. The molecule has 9 N–H and O–H groups in total. The molecule has 1 aliphatic heterocycles. The molecule has 0 bridgehead atoms. The molecule has 256 valence electrons. The van der Waals surface area contributed by atoms with Crippen molar-refractivity contribution in [2.24, 2.45) is 5.41 Å². The molecule has 7 unspecified atom stereocenters. The van der Waals surface area contributed by atoms with Crippen LogP contribution >= 0.6 is 23.5 Å². The first-order valence-corrected chi connectivity index (χ1v) is 17.5. The maximum atomic E-state index is 13.3. The Balaban J connectivity index is 1.73. The lowest BCUT2D eigenvalue weighted by molar-refractivity contribution is -0.133. The molecule has 3 heterocycles. The SMILES string of the molecule is CCNC(=O)CCNC(O)C(C)(C)COP(=O)(O)OP(=O)(OC)OC1OC(n2cnc3c(N)ncnc32)C(O)C1OP(=O)(O)O. The molecule has 2 aromatic rings. The van der Waals surface area contributed by atoms with Gasteiger partial charge in [-0.1, -0.05) is 13.8 Å². The van der Waals surface area contributed by atoms with Gasteiger partial charge in [-0.05, 0) is 6.92 Å². The number of nitrogens with zero attached hydrogens (tertiary/aromatic N) is 4. The van der Waals surface area contributed by atoms with Gasteiger partial charge in [0.15, 0.2) is 23.8 Å². The first-order chi connectivity index (χ1) is 20.8. The summed E-state index contributed by atoms with van der Waals surface area (Å²) < 4.78 is 68.3. The Morgan fingerprint density at radius 2 is 1.89 bits per heavy atom. The van der Waals surface area contributed by atoms with Gasteiger partial charge in [0.1, 0.15) is 24.2 Å². The fourth-order valence-electron chi connectivity index (χ4n) is 3.84. The number of hydrogen-bond acceptors (Lipinski definition) is 17. The lowest BCUT2D eigenvalue weighted by Crippen LogP contribution is -2.45. The fraction of sp³-hybridized carbons (Fsp3) is 0.700. The van der Waals surface area contributed by atoms with Gasteiger partial charge in [0.2, 0.25) is 12.2 Å². The third-order valence-electron chi connectivity index (χ3n) is 6.15. The lowest BCUT2D eigenvalue weighted by Gasteiger charge is -2.31. The minimum Gasteiger partial charge on any atom is -0.385 e. The summed E-state index contributed by atoms with van der Waals surface area (Å²) in [5.41, 5.74) is 4.60. The van der Waals surface area contributed by atoms with Crippen LogP contribution in [0.2, 0.25) is 0 Å². The van der Waals surface area contributed by atoms with Crippen LogP contribution in [0.1, 0.15) is 33.4 Å². The molecule has 1 saturated heterocycles. The molecule has 2 aromatic heterocycles. The maximum absolute atomic E-state index is 13.3. The third-order valence-corrected chi connectivity index (χ3v) is 9.67. The van der Waals surface area contributed by atoms with Crippen molar-refractivity contribution in [1.29, 1.82) is 0 Å². The number of phosphoric acid groups is 3. The van der Waals surface area contributed by atoms with Crippen molar-refractivity contribution in [2.45, 2.75) is 58.1 Å². The van der Waals surface area contributed by atoms with Crippen LogP contribution in [0.25, 0.3) is 11.2 Å². The second-order valence-electron chi connectivity index (χ2n) is 10.1. The summed E-state index contributed by atoms with van der Waals surface area (Å²) in [7, 11) is -15.1. The quantitative estimate of drug-likeness (QED) is 0.0756. The predicted molar refractivity (Wildman–Crippen MR) is 150 cm³/mol. The first kappa shape index (κ1) is 37.5. The first-order valence-electron chi connectivity index (χ1n) is 13.0. The summed E-state index contributed by atoms with van der Waals surface area (Å²) in [4.78, 5) is 52.5. The van der Waals surface area contributed by atoms with Gasteiger partial charge < -0.3 is 40.7 Å². The average Bonchev–Trinajstić information content (AvgIpc) is 3.48. The minimum atomic E-state index is -5.36. The van der Waals surface area contributed by atoms with E-state index in [4.69, 9.17) is 19.5 Å². The number of carbonyl (C=O) groups is 1. The van der Waals surface area contributed by atoms with E-state index in [0.29, 0.717) is 6.54 Å². The Hall–Kier alpha value is -1.97. The number of hydrogen-bond donors (Lipinski definition) is 8. The molecule has 1 fully saturated rings. The molecule has 0 aromatic carbocycles. The standard InChI is InChI=1S/C20H36N7O15P3/c1-5-22-11(28)6-7-23-19(30)20(2,3)8-38-44(34,35)42-45(36,37-4)41-18-14(40-43(31,32)33)13(29)17(39-18)27-10-26-12-15(21)24-9-25-16(12)27/h9-10,13-14,17-19,23,29-30H,5-8H2,1-4H3,(H,22,28)(H,34,35)(H2,21,24,25)(H2,31,32,33). The second-order valence-corrected chi connectivity index (χ2v) is 14.6. The predicted octanol–water partition coefficient (Wildman–Crippen LogP) is -0.533. The smallest absolute Gasteiger partial charge is 0.385 e. The number of aliphatic hydroxyl groups excluding tert-OH is 2. The van der Waals surface area contributed by atoms with E-state index < -0.39 is 66.4 Å². The van der Waals surface area contributed by atoms with E-state index in [1.807, 2.05) is 0 Å². The molecule has 0 saturated carbocycles. The largest absolute Gasteiger partial charge is 0.485 e. The molecule has 7 atom stereocenters. The van der Waals surface area contributed by atoms with E-state index in [1.165, 1.54) is 13.8 Å². The summed E-state index contributed by atoms with van der Waals surface area (Å²) in [6.45, 7) is 4.47. The molecule has 25 heteroatoms. The van der Waals surface area contributed by atoms with E-state index in [-0.39, 0.29) is 35.9 Å². The number of phosphoric ester groups is 3. The van der Waals surface area contributed by atoms with Gasteiger partial charge in [-0.15, -0.1) is 0 Å². The lowest BCUT2D eigenvalue weighted by atomic mass is 9.92. The number of amides is 1. The number of nitrogens with one attached hydrogen (secondary N) is 2. The normalized spacial score (nSPS) is 24.3. The van der Waals surface area contributed by atoms with Crippen molar-refractivity contribution >= 4 is 46.4 Å². The molecule has 0 radical (unpaired) electrons. The van der Waals surface area contributed by atoms with Crippen molar-refractivity contribution in [1.82, 2.24) is 30.2 Å². The number of anilines is 1. The minimum absolute atomic E-state index is 0.0186. The zero-order valence-corrected chi connectivity index (χ0v) is 27.1. The Morgan fingerprint density at radius 3 is 2.51 bits per heavy atom. The number of fused-ring (bicyclic) bond motifs is 1. The molecular formula is C20H36N7O15P3. The summed E-state index contributed by atoms with van der Waals surface area (Å²) in [5, 5.41) is 26.6. The van der Waals surface area contributed by atoms with Crippen LogP contribution in [0.5, 0.6) is 0 Å². The number of carbonyl (C=O) groups excluding carboxylic acids is 1. The van der Waals surface area contributed by atoms with E-state index in [2.05, 4.69) is 38.9 Å². The summed E-state index contributed by atoms with van der Waals surface area (Å²) in [5.74, 6) is -0.297. The molecule has 0 aliphatic carbocycles. The highest BCUT2D eigenvalue weighted by Gasteiger charge is 2.53. The Morgan fingerprint density at radius 1 is 1.20 bits per heavy atom. The number of aromatic nitrogens is 4. The van der Waals surface area contributed by atoms with Crippen LogP contribution in [-0.4, -0.2) is 102 Å². The zero-order chi connectivity index (χ0) is 33.8. The highest BCUT2D eigenvalue weighted by Crippen LogP contribution is 2.65. The van der Waals surface area contributed by atoms with Crippen LogP contribution < -0.4 is 16.4 Å². The molecule has 3 rings (SSSR count). The summed E-state index contributed by atoms with van der Waals surface area (Å²) >= 11 is 0. The molecule has 0 spiro atoms. The van der Waals surface area contributed by atoms with Crippen molar-refractivity contribution in [2.75, 3.05) is 32.5 Å². The Kier molecular flexibility index (Phi) is 12.4. The van der Waals surface area contributed by atoms with Crippen molar-refractivity contribution in [3.63, 3.8) is 0 Å². The van der Waals surface area contributed by atoms with Gasteiger partial charge in [-0.3, -0.25) is 32.8 Å². The molecule has 22 nitrogen and oxygen atoms in total. The van der Waals surface area contributed by atoms with Crippen molar-refractivity contribution in [3.05, 3.63) is 12.7 Å². The van der Waals surface area contributed by atoms with E-state index >= 15 is 0 Å². The highest BCUT2D eigenvalue weighted by molar-refractivity contribution is 7.61. The van der Waals surface area contributed by atoms with E-state index in [9.17, 15) is 43.4 Å². The summed E-state index contributed by atoms with van der Waals surface area (Å²) in [6.07, 6.45) is -6.92. The zero-order valence-electron chi connectivity index (χ0n) is 24.4. The number of nitrogen functional groups attached to an aromatic ring is 1. The average molecular weight is 707 g/mol. The van der Waals surface area contributed by atoms with Crippen LogP contribution in [0.15, 0.2) is 12.7 Å². The highest BCUT2D eigenvalue weighted by atomic mass is 31.3. The van der Waals surface area contributed by atoms with Gasteiger partial charge >= 0.3 is 23.5 Å². The molecule has 45 heavy (non-hydrogen) atoms. The number of ether oxygens (including phenoxy) is 1. The number of imidazole rings is 1. The fourth-order valence-corrected chi connectivity index (χ4v) is 7.01. The van der Waals surface area contributed by atoms with Crippen LogP contribution in [0.4, 0.5) is 5.82 Å². The second kappa shape index (κ2) is 14.8. The summed E-state index contributed by atoms with van der Waals surface area (Å²) in [6, 6.07) is 0. The van der Waals surface area contributed by atoms with Crippen LogP contribution in [0, 0.1) is 5.41 Å². The van der Waals surface area contributed by atoms with Crippen molar-refractivity contribution in [3.8, 4) is 0 Å². The van der Waals surface area contributed by atoms with Gasteiger partial charge in [0.05, 0.1) is 12.9 Å². The van der Waals surface area contributed by atoms with Gasteiger partial charge in [-0.25, -0.2) is 28.6 Å². The van der Waals surface area contributed by atoms with Gasteiger partial charge in [-0.2, -0.15) is 4.31 Å². The van der Waals surface area contributed by atoms with Crippen LogP contribution in [-0.2, 0) is 45.6 Å². The van der Waals surface area contributed by atoms with Gasteiger partial charge in [0.25, 0.3) is 0 Å². The number of nitrogens with two attached hydrogens (primary N) is 1. The van der Waals surface area contributed by atoms with E-state index in [0.717, 1.165) is 24.3 Å². The van der Waals surface area contributed by atoms with E-state index in [1.54, 1.807) is 6.92 Å². The Labute approximate surface area is 256 Å². The monoisotopic (exact) mass is 707 g/mol. The number of aliphatic hydroxyl groups is 2. The topological polar surface area (TPSA) is 318 Å². The number of rotatable bonds is 17.